The maximum absolute atomic E-state index is 14.4. The number of fused-ring (bicyclic) bond motifs is 1. The number of Topliss-reactive ketones (excluding diaryl/α,β-unsaturated/α-hetero) is 1. The summed E-state index contributed by atoms with van der Waals surface area (Å²) in [7, 11) is 2.56. The molecule has 0 aliphatic heterocycles. The molecule has 0 amide bonds. The quantitative estimate of drug-likeness (QED) is 0.170. The van der Waals surface area contributed by atoms with Crippen LogP contribution in [0.5, 0.6) is 0 Å². The lowest BCUT2D eigenvalue weighted by atomic mass is 10.0. The van der Waals surface area contributed by atoms with Gasteiger partial charge in [0.1, 0.15) is 5.82 Å². The summed E-state index contributed by atoms with van der Waals surface area (Å²) in [5.41, 5.74) is -0.377. The molecule has 0 fully saturated rings. The van der Waals surface area contributed by atoms with Gasteiger partial charge in [0.15, 0.2) is 11.6 Å². The van der Waals surface area contributed by atoms with Crippen LogP contribution in [0.2, 0.25) is 0 Å². The maximum Gasteiger partial charge on any atom is 0.337 e. The number of hydrogen-bond donors (Lipinski definition) is 0. The molecule has 8 nitrogen and oxygen atoms in total. The Morgan fingerprint density at radius 3 is 2.53 bits per heavy atom. The first-order chi connectivity index (χ1) is 16.4. The van der Waals surface area contributed by atoms with Crippen molar-refractivity contribution >= 4 is 34.0 Å². The number of esters is 1. The van der Waals surface area contributed by atoms with Crippen LogP contribution in [0.4, 0.5) is 15.9 Å². The second kappa shape index (κ2) is 9.32. The molecule has 172 valence electrons. The van der Waals surface area contributed by atoms with E-state index in [1.54, 1.807) is 30.3 Å². The molecular weight excluding hydrogens is 443 g/mol. The monoisotopic (exact) mass is 462 g/mol. The summed E-state index contributed by atoms with van der Waals surface area (Å²) in [6, 6.07) is 11.8. The molecular formula is C25H19FN2O6. The van der Waals surface area contributed by atoms with Gasteiger partial charge in [0.2, 0.25) is 10.9 Å². The van der Waals surface area contributed by atoms with Crippen molar-refractivity contribution in [2.75, 3.05) is 19.3 Å². The number of pyridine rings is 1. The highest BCUT2D eigenvalue weighted by molar-refractivity contribution is 6.04. The van der Waals surface area contributed by atoms with Gasteiger partial charge in [-0.25, -0.2) is 19.2 Å². The normalized spacial score (nSPS) is 11.0. The second-order valence-corrected chi connectivity index (χ2v) is 7.43. The summed E-state index contributed by atoms with van der Waals surface area (Å²) in [5, 5.41) is 1.70. The van der Waals surface area contributed by atoms with E-state index in [0.717, 1.165) is 6.07 Å². The fraction of sp³-hybridized carbons (Fsp3) is 0.160. The molecule has 0 saturated heterocycles. The summed E-state index contributed by atoms with van der Waals surface area (Å²) in [6.07, 6.45) is 1.50. The van der Waals surface area contributed by atoms with E-state index in [-0.39, 0.29) is 51.9 Å². The number of hydrogen-bond acceptors (Lipinski definition) is 8. The lowest BCUT2D eigenvalue weighted by Gasteiger charge is -2.24. The molecule has 0 spiro atoms. The highest BCUT2D eigenvalue weighted by atomic mass is 19.1. The summed E-state index contributed by atoms with van der Waals surface area (Å²) >= 11 is 0. The molecule has 9 heteroatoms. The molecule has 1 aromatic heterocycles. The third kappa shape index (κ3) is 3.97. The number of nitrogens with zero attached hydrogens (tertiary/aromatic N) is 2. The fourth-order valence-corrected chi connectivity index (χ4v) is 3.76. The average Bonchev–Trinajstić information content (AvgIpc) is 2.87. The SMILES string of the molecule is COC(=O)c1ccc(CCC(=O)c2cccnc2N(OC)c2cccc3c(=O)c(=O)c23)c(F)c1. The number of carbonyl (C=O) groups excluding carboxylic acids is 2. The predicted octanol–water partition coefficient (Wildman–Crippen LogP) is 3.27. The van der Waals surface area contributed by atoms with Crippen molar-refractivity contribution in [2.45, 2.75) is 12.8 Å². The van der Waals surface area contributed by atoms with Gasteiger partial charge in [-0.3, -0.25) is 19.2 Å². The molecule has 1 heterocycles. The van der Waals surface area contributed by atoms with Crippen LogP contribution in [0.1, 0.15) is 32.7 Å². The number of rotatable bonds is 8. The van der Waals surface area contributed by atoms with E-state index in [2.05, 4.69) is 9.72 Å². The molecule has 0 aliphatic carbocycles. The lowest BCUT2D eigenvalue weighted by molar-refractivity contribution is 0.0600. The first-order valence-corrected chi connectivity index (χ1v) is 10.3. The van der Waals surface area contributed by atoms with Crippen LogP contribution in [-0.2, 0) is 16.0 Å². The van der Waals surface area contributed by atoms with Crippen molar-refractivity contribution < 1.29 is 23.6 Å². The topological polar surface area (TPSA) is 103 Å². The Bertz CT molecular complexity index is 1490. The molecule has 34 heavy (non-hydrogen) atoms. The van der Waals surface area contributed by atoms with Gasteiger partial charge in [-0.05, 0) is 42.3 Å². The van der Waals surface area contributed by atoms with Crippen molar-refractivity contribution in [3.8, 4) is 0 Å². The number of ether oxygens (including phenoxy) is 1. The van der Waals surface area contributed by atoms with Gasteiger partial charge in [-0.1, -0.05) is 18.2 Å². The Hall–Kier alpha value is -4.24. The molecule has 0 aliphatic rings. The van der Waals surface area contributed by atoms with Gasteiger partial charge in [0.25, 0.3) is 0 Å². The summed E-state index contributed by atoms with van der Waals surface area (Å²) < 4.78 is 19.0. The van der Waals surface area contributed by atoms with Crippen molar-refractivity contribution in [3.05, 3.63) is 97.7 Å². The van der Waals surface area contributed by atoms with Crippen molar-refractivity contribution in [3.63, 3.8) is 0 Å². The molecule has 0 saturated carbocycles. The van der Waals surface area contributed by atoms with Crippen molar-refractivity contribution in [1.82, 2.24) is 4.98 Å². The zero-order valence-corrected chi connectivity index (χ0v) is 18.3. The molecule has 0 unspecified atom stereocenters. The van der Waals surface area contributed by atoms with Crippen LogP contribution < -0.4 is 15.9 Å². The Morgan fingerprint density at radius 2 is 1.82 bits per heavy atom. The minimum absolute atomic E-state index is 0.0466. The molecule has 4 aromatic rings. The lowest BCUT2D eigenvalue weighted by Crippen LogP contribution is -2.33. The van der Waals surface area contributed by atoms with E-state index >= 15 is 0 Å². The zero-order chi connectivity index (χ0) is 24.4. The molecule has 0 N–H and O–H groups in total. The highest BCUT2D eigenvalue weighted by Gasteiger charge is 2.25. The van der Waals surface area contributed by atoms with Gasteiger partial charge < -0.3 is 4.74 Å². The minimum atomic E-state index is -0.655. The second-order valence-electron chi connectivity index (χ2n) is 7.43. The number of ketones is 1. The van der Waals surface area contributed by atoms with Gasteiger partial charge in [0, 0.05) is 18.0 Å². The Morgan fingerprint density at radius 1 is 1.03 bits per heavy atom. The number of aryl methyl sites for hydroxylation is 1. The Kier molecular flexibility index (Phi) is 6.29. The number of carbonyl (C=O) groups is 2. The minimum Gasteiger partial charge on any atom is -0.465 e. The summed E-state index contributed by atoms with van der Waals surface area (Å²) in [6.45, 7) is 0. The number of halogens is 1. The standard InChI is InChI=1S/C25H19FN2O6/c1-33-25(32)15-9-8-14(18(26)13-15)10-11-20(29)16-6-4-12-27-24(16)28(34-2)19-7-3-5-17-21(19)23(31)22(17)30/h3-9,12-13H,10-11H2,1-2H3. The van der Waals surface area contributed by atoms with Crippen LogP contribution in [0.15, 0.2) is 64.3 Å². The van der Waals surface area contributed by atoms with Crippen LogP contribution in [0.3, 0.4) is 0 Å². The number of methoxy groups -OCH3 is 1. The number of anilines is 2. The van der Waals surface area contributed by atoms with Crippen molar-refractivity contribution in [2.24, 2.45) is 0 Å². The molecule has 0 bridgehead atoms. The summed E-state index contributed by atoms with van der Waals surface area (Å²) in [4.78, 5) is 58.3. The molecule has 4 rings (SSSR count). The number of aromatic nitrogens is 1. The first-order valence-electron chi connectivity index (χ1n) is 10.3. The highest BCUT2D eigenvalue weighted by Crippen LogP contribution is 2.32. The fourth-order valence-electron chi connectivity index (χ4n) is 3.76. The zero-order valence-electron chi connectivity index (χ0n) is 18.3. The predicted molar refractivity (Wildman–Crippen MR) is 123 cm³/mol. The summed E-state index contributed by atoms with van der Waals surface area (Å²) in [5.74, 6) is -1.47. The van der Waals surface area contributed by atoms with Gasteiger partial charge in [0.05, 0.1) is 36.4 Å². The van der Waals surface area contributed by atoms with Gasteiger partial charge in [-0.15, -0.1) is 0 Å². The third-order valence-corrected chi connectivity index (χ3v) is 5.50. The average molecular weight is 462 g/mol. The van der Waals surface area contributed by atoms with E-state index in [1.165, 1.54) is 37.6 Å². The first kappa shape index (κ1) is 22.9. The van der Waals surface area contributed by atoms with Crippen LogP contribution in [-0.4, -0.2) is 31.0 Å². The van der Waals surface area contributed by atoms with Gasteiger partial charge in [-0.2, -0.15) is 0 Å². The van der Waals surface area contributed by atoms with Crippen LogP contribution in [0.25, 0.3) is 10.8 Å². The van der Waals surface area contributed by atoms with Crippen molar-refractivity contribution in [1.29, 1.82) is 0 Å². The molecule has 3 aromatic carbocycles. The maximum atomic E-state index is 14.4. The van der Waals surface area contributed by atoms with E-state index in [0.29, 0.717) is 5.69 Å². The van der Waals surface area contributed by atoms with E-state index in [9.17, 15) is 23.6 Å². The number of benzene rings is 2. The Balaban J connectivity index is 1.61. The van der Waals surface area contributed by atoms with E-state index in [1.807, 2.05) is 0 Å². The largest absolute Gasteiger partial charge is 0.465 e. The molecule has 0 radical (unpaired) electrons. The Labute approximate surface area is 192 Å². The molecule has 0 atom stereocenters. The third-order valence-electron chi connectivity index (χ3n) is 5.50. The van der Waals surface area contributed by atoms with E-state index < -0.39 is 22.6 Å². The van der Waals surface area contributed by atoms with Crippen LogP contribution >= 0.6 is 0 Å². The van der Waals surface area contributed by atoms with E-state index in [4.69, 9.17) is 4.84 Å². The van der Waals surface area contributed by atoms with Crippen LogP contribution in [0, 0.1) is 5.82 Å². The smallest absolute Gasteiger partial charge is 0.337 e. The van der Waals surface area contributed by atoms with Gasteiger partial charge >= 0.3 is 5.97 Å².